The van der Waals surface area contributed by atoms with E-state index in [1.807, 2.05) is 12.3 Å². The van der Waals surface area contributed by atoms with Crippen LogP contribution in [-0.4, -0.2) is 27.0 Å². The second-order valence-corrected chi connectivity index (χ2v) is 10.4. The van der Waals surface area contributed by atoms with Crippen LogP contribution in [0.25, 0.3) is 16.9 Å². The van der Waals surface area contributed by atoms with E-state index in [1.54, 1.807) is 30.8 Å². The molecule has 150 valence electrons. The number of thioether (sulfide) groups is 1. The van der Waals surface area contributed by atoms with Gasteiger partial charge in [0.2, 0.25) is 0 Å². The zero-order valence-electron chi connectivity index (χ0n) is 17.3. The van der Waals surface area contributed by atoms with Crippen molar-refractivity contribution in [1.29, 1.82) is 0 Å². The molecule has 0 radical (unpaired) electrons. The standard InChI is InChI=1S/C22H29N3OS2/c1-6-7-11-27-24-17-10-8-9-16(12-17)18-14-23-21-13-19(26-5)20(15-25(18)21)28-22(2,3)4/h8-10,12-15,24H,6-7,11H2,1-5H3. The topological polar surface area (TPSA) is 38.6 Å². The average Bonchev–Trinajstić information content (AvgIpc) is 3.06. The molecular formula is C22H29N3OS2. The number of hydrogen-bond donors (Lipinski definition) is 1. The van der Waals surface area contributed by atoms with Crippen LogP contribution in [0.5, 0.6) is 5.75 Å². The summed E-state index contributed by atoms with van der Waals surface area (Å²) in [7, 11) is 1.72. The van der Waals surface area contributed by atoms with Crippen LogP contribution in [0.3, 0.4) is 0 Å². The third kappa shape index (κ3) is 5.17. The van der Waals surface area contributed by atoms with E-state index in [9.17, 15) is 0 Å². The Bertz CT molecular complexity index is 931. The normalized spacial score (nSPS) is 11.8. The van der Waals surface area contributed by atoms with Crippen LogP contribution in [0.4, 0.5) is 5.69 Å². The van der Waals surface area contributed by atoms with Crippen molar-refractivity contribution in [3.63, 3.8) is 0 Å². The third-order valence-electron chi connectivity index (χ3n) is 4.16. The largest absolute Gasteiger partial charge is 0.495 e. The molecule has 6 heteroatoms. The number of unbranched alkanes of at least 4 members (excludes halogenated alkanes) is 1. The predicted molar refractivity (Wildman–Crippen MR) is 124 cm³/mol. The Kier molecular flexibility index (Phi) is 6.83. The molecule has 4 nitrogen and oxygen atoms in total. The van der Waals surface area contributed by atoms with Crippen LogP contribution in [0.1, 0.15) is 40.5 Å². The molecule has 0 saturated carbocycles. The minimum atomic E-state index is 0.0985. The first-order chi connectivity index (χ1) is 13.4. The van der Waals surface area contributed by atoms with Crippen molar-refractivity contribution in [2.24, 2.45) is 0 Å². The fourth-order valence-corrected chi connectivity index (χ4v) is 4.75. The predicted octanol–water partition coefficient (Wildman–Crippen LogP) is 6.76. The molecule has 0 atom stereocenters. The minimum absolute atomic E-state index is 0.0985. The zero-order valence-corrected chi connectivity index (χ0v) is 18.9. The highest BCUT2D eigenvalue weighted by Gasteiger charge is 2.18. The molecule has 0 aliphatic rings. The SMILES string of the molecule is CCCCSNc1cccc(-c2cnc3cc(OC)c(SC(C)(C)C)cn23)c1. The number of benzene rings is 1. The van der Waals surface area contributed by atoms with Crippen molar-refractivity contribution in [1.82, 2.24) is 9.38 Å². The summed E-state index contributed by atoms with van der Waals surface area (Å²) in [6.45, 7) is 8.84. The van der Waals surface area contributed by atoms with Gasteiger partial charge in [0.1, 0.15) is 11.4 Å². The van der Waals surface area contributed by atoms with E-state index >= 15 is 0 Å². The summed E-state index contributed by atoms with van der Waals surface area (Å²) in [6.07, 6.45) is 6.52. The van der Waals surface area contributed by atoms with Gasteiger partial charge in [-0.2, -0.15) is 0 Å². The third-order valence-corrected chi connectivity index (χ3v) is 6.17. The number of imidazole rings is 1. The Labute approximate surface area is 176 Å². The lowest BCUT2D eigenvalue weighted by Crippen LogP contribution is -2.07. The fraction of sp³-hybridized carbons (Fsp3) is 0.409. The molecule has 28 heavy (non-hydrogen) atoms. The average molecular weight is 416 g/mol. The molecule has 0 bridgehead atoms. The van der Waals surface area contributed by atoms with Crippen molar-refractivity contribution < 1.29 is 4.74 Å². The van der Waals surface area contributed by atoms with E-state index in [0.29, 0.717) is 0 Å². The number of ether oxygens (including phenoxy) is 1. The Morgan fingerprint density at radius 1 is 1.21 bits per heavy atom. The number of aromatic nitrogens is 2. The van der Waals surface area contributed by atoms with Gasteiger partial charge in [0.05, 0.1) is 23.9 Å². The van der Waals surface area contributed by atoms with Gasteiger partial charge in [-0.1, -0.05) is 58.2 Å². The molecule has 1 aromatic carbocycles. The maximum absolute atomic E-state index is 5.61. The van der Waals surface area contributed by atoms with Crippen molar-refractivity contribution in [2.45, 2.75) is 50.2 Å². The first kappa shape index (κ1) is 20.9. The highest BCUT2D eigenvalue weighted by atomic mass is 32.2. The first-order valence-corrected chi connectivity index (χ1v) is 11.4. The molecule has 0 fully saturated rings. The van der Waals surface area contributed by atoms with Crippen LogP contribution in [0.15, 0.2) is 47.6 Å². The number of rotatable bonds is 8. The maximum atomic E-state index is 5.61. The molecule has 0 saturated heterocycles. The molecule has 2 aromatic heterocycles. The zero-order chi connectivity index (χ0) is 20.1. The van der Waals surface area contributed by atoms with E-state index in [0.717, 1.165) is 39.0 Å². The lowest BCUT2D eigenvalue weighted by atomic mass is 10.1. The molecule has 0 aliphatic heterocycles. The number of pyridine rings is 1. The van der Waals surface area contributed by atoms with E-state index in [4.69, 9.17) is 4.74 Å². The Balaban J connectivity index is 1.94. The van der Waals surface area contributed by atoms with Crippen LogP contribution < -0.4 is 9.46 Å². The highest BCUT2D eigenvalue weighted by molar-refractivity contribution is 8.00. The van der Waals surface area contributed by atoms with E-state index in [1.165, 1.54) is 12.8 Å². The summed E-state index contributed by atoms with van der Waals surface area (Å²) in [4.78, 5) is 5.72. The highest BCUT2D eigenvalue weighted by Crippen LogP contribution is 2.39. The van der Waals surface area contributed by atoms with E-state index in [2.05, 4.69) is 72.3 Å². The van der Waals surface area contributed by atoms with E-state index < -0.39 is 0 Å². The number of anilines is 1. The summed E-state index contributed by atoms with van der Waals surface area (Å²) < 4.78 is 11.3. The second kappa shape index (κ2) is 9.14. The van der Waals surface area contributed by atoms with Gasteiger partial charge in [0.25, 0.3) is 0 Å². The summed E-state index contributed by atoms with van der Waals surface area (Å²) >= 11 is 3.57. The molecule has 1 N–H and O–H groups in total. The smallest absolute Gasteiger partial charge is 0.140 e. The minimum Gasteiger partial charge on any atom is -0.495 e. The number of fused-ring (bicyclic) bond motifs is 1. The van der Waals surface area contributed by atoms with Gasteiger partial charge >= 0.3 is 0 Å². The second-order valence-electron chi connectivity index (χ2n) is 7.68. The molecule has 0 spiro atoms. The van der Waals surface area contributed by atoms with Crippen LogP contribution in [-0.2, 0) is 0 Å². The molecule has 2 heterocycles. The Morgan fingerprint density at radius 3 is 2.75 bits per heavy atom. The van der Waals surface area contributed by atoms with Gasteiger partial charge in [0.15, 0.2) is 0 Å². The number of nitrogens with zero attached hydrogens (tertiary/aromatic N) is 2. The quantitative estimate of drug-likeness (QED) is 0.250. The van der Waals surface area contributed by atoms with E-state index in [-0.39, 0.29) is 4.75 Å². The lowest BCUT2D eigenvalue weighted by Gasteiger charge is -2.19. The van der Waals surface area contributed by atoms with Crippen molar-refractivity contribution in [3.8, 4) is 17.0 Å². The van der Waals surface area contributed by atoms with Crippen LogP contribution >= 0.6 is 23.7 Å². The summed E-state index contributed by atoms with van der Waals surface area (Å²) in [5.41, 5.74) is 4.23. The maximum Gasteiger partial charge on any atom is 0.140 e. The number of nitrogens with one attached hydrogen (secondary N) is 1. The summed E-state index contributed by atoms with van der Waals surface area (Å²) in [6, 6.07) is 10.5. The number of methoxy groups -OCH3 is 1. The fourth-order valence-electron chi connectivity index (χ4n) is 2.86. The summed E-state index contributed by atoms with van der Waals surface area (Å²) in [5, 5.41) is 0. The summed E-state index contributed by atoms with van der Waals surface area (Å²) in [5.74, 6) is 1.98. The van der Waals surface area contributed by atoms with Crippen molar-refractivity contribution in [2.75, 3.05) is 17.6 Å². The molecule has 0 amide bonds. The van der Waals surface area contributed by atoms with Gasteiger partial charge < -0.3 is 9.46 Å². The monoisotopic (exact) mass is 415 g/mol. The first-order valence-electron chi connectivity index (χ1n) is 9.63. The van der Waals surface area contributed by atoms with Gasteiger partial charge in [-0.3, -0.25) is 4.40 Å². The van der Waals surface area contributed by atoms with Crippen LogP contribution in [0, 0.1) is 0 Å². The Hall–Kier alpha value is -1.79. The van der Waals surface area contributed by atoms with Gasteiger partial charge in [-0.15, -0.1) is 11.8 Å². The molecule has 3 rings (SSSR count). The van der Waals surface area contributed by atoms with Gasteiger partial charge in [0, 0.05) is 34.0 Å². The van der Waals surface area contributed by atoms with Gasteiger partial charge in [-0.25, -0.2) is 4.98 Å². The lowest BCUT2D eigenvalue weighted by molar-refractivity contribution is 0.404. The van der Waals surface area contributed by atoms with Crippen LogP contribution in [0.2, 0.25) is 0 Å². The molecule has 0 aliphatic carbocycles. The van der Waals surface area contributed by atoms with Gasteiger partial charge in [-0.05, 0) is 18.6 Å². The molecule has 0 unspecified atom stereocenters. The molecular weight excluding hydrogens is 386 g/mol. The number of hydrogen-bond acceptors (Lipinski definition) is 5. The molecule has 3 aromatic rings. The van der Waals surface area contributed by atoms with Crippen molar-refractivity contribution in [3.05, 3.63) is 42.7 Å². The Morgan fingerprint density at radius 2 is 2.04 bits per heavy atom. The van der Waals surface area contributed by atoms with Crippen molar-refractivity contribution >= 4 is 35.0 Å².